The lowest BCUT2D eigenvalue weighted by Crippen LogP contribution is -2.40. The minimum absolute atomic E-state index is 0.0637. The molecule has 2 nitrogen and oxygen atoms in total. The SMILES string of the molecule is CCC(C)(C)S(=O)(=O)C1CCCCC1. The molecule has 0 bridgehead atoms. The van der Waals surface area contributed by atoms with Crippen molar-refractivity contribution in [3.05, 3.63) is 0 Å². The molecule has 0 aromatic rings. The van der Waals surface area contributed by atoms with E-state index in [1.807, 2.05) is 20.8 Å². The molecule has 84 valence electrons. The van der Waals surface area contributed by atoms with E-state index in [2.05, 4.69) is 0 Å². The van der Waals surface area contributed by atoms with Crippen LogP contribution in [0, 0.1) is 0 Å². The maximum Gasteiger partial charge on any atom is 0.158 e. The Kier molecular flexibility index (Phi) is 3.62. The Balaban J connectivity index is 2.83. The van der Waals surface area contributed by atoms with Crippen LogP contribution in [0.5, 0.6) is 0 Å². The number of hydrogen-bond donors (Lipinski definition) is 0. The summed E-state index contributed by atoms with van der Waals surface area (Å²) in [5, 5.41) is -0.0637. The molecule has 0 atom stereocenters. The van der Waals surface area contributed by atoms with Crippen molar-refractivity contribution in [2.24, 2.45) is 0 Å². The van der Waals surface area contributed by atoms with E-state index in [-0.39, 0.29) is 5.25 Å². The molecule has 1 saturated carbocycles. The van der Waals surface area contributed by atoms with Crippen LogP contribution >= 0.6 is 0 Å². The van der Waals surface area contributed by atoms with Crippen LogP contribution in [0.1, 0.15) is 59.3 Å². The van der Waals surface area contributed by atoms with Crippen molar-refractivity contribution < 1.29 is 8.42 Å². The van der Waals surface area contributed by atoms with Gasteiger partial charge in [-0.05, 0) is 33.1 Å². The van der Waals surface area contributed by atoms with Crippen LogP contribution in [-0.2, 0) is 9.84 Å². The van der Waals surface area contributed by atoms with Crippen LogP contribution < -0.4 is 0 Å². The Morgan fingerprint density at radius 2 is 1.64 bits per heavy atom. The number of sulfone groups is 1. The first-order valence-electron chi connectivity index (χ1n) is 5.65. The summed E-state index contributed by atoms with van der Waals surface area (Å²) in [4.78, 5) is 0. The quantitative estimate of drug-likeness (QED) is 0.730. The van der Waals surface area contributed by atoms with Gasteiger partial charge in [0.25, 0.3) is 0 Å². The third-order valence-electron chi connectivity index (χ3n) is 3.61. The molecule has 1 fully saturated rings. The van der Waals surface area contributed by atoms with E-state index in [0.717, 1.165) is 25.7 Å². The van der Waals surface area contributed by atoms with Gasteiger partial charge >= 0.3 is 0 Å². The Morgan fingerprint density at radius 1 is 1.14 bits per heavy atom. The molecular formula is C11H22O2S. The van der Waals surface area contributed by atoms with Crippen molar-refractivity contribution in [1.82, 2.24) is 0 Å². The van der Waals surface area contributed by atoms with Crippen LogP contribution in [0.3, 0.4) is 0 Å². The first-order valence-corrected chi connectivity index (χ1v) is 7.20. The summed E-state index contributed by atoms with van der Waals surface area (Å²) < 4.78 is 23.9. The molecule has 3 heteroatoms. The summed E-state index contributed by atoms with van der Waals surface area (Å²) in [6.07, 6.45) is 5.86. The van der Waals surface area contributed by atoms with Gasteiger partial charge in [-0.15, -0.1) is 0 Å². The van der Waals surface area contributed by atoms with Crippen LogP contribution in [0.25, 0.3) is 0 Å². The van der Waals surface area contributed by atoms with Gasteiger partial charge in [0.05, 0.1) is 10.00 Å². The third kappa shape index (κ3) is 2.13. The zero-order chi connectivity index (χ0) is 10.8. The predicted octanol–water partition coefficient (Wildman–Crippen LogP) is 2.92. The average molecular weight is 218 g/mol. The van der Waals surface area contributed by atoms with Gasteiger partial charge in [-0.25, -0.2) is 8.42 Å². The molecule has 0 unspecified atom stereocenters. The monoisotopic (exact) mass is 218 g/mol. The van der Waals surface area contributed by atoms with Gasteiger partial charge in [-0.1, -0.05) is 26.2 Å². The lowest BCUT2D eigenvalue weighted by molar-refractivity contribution is 0.462. The standard InChI is InChI=1S/C11H22O2S/c1-4-11(2,3)14(12,13)10-8-6-5-7-9-10/h10H,4-9H2,1-3H3. The number of rotatable bonds is 3. The lowest BCUT2D eigenvalue weighted by atomic mass is 10.0. The predicted molar refractivity (Wildman–Crippen MR) is 60.2 cm³/mol. The van der Waals surface area contributed by atoms with Crippen molar-refractivity contribution in [3.63, 3.8) is 0 Å². The fraction of sp³-hybridized carbons (Fsp3) is 1.00. The number of hydrogen-bond acceptors (Lipinski definition) is 2. The molecule has 1 aliphatic rings. The topological polar surface area (TPSA) is 34.1 Å². The Hall–Kier alpha value is -0.0500. The third-order valence-corrected chi connectivity index (χ3v) is 6.79. The molecule has 0 heterocycles. The first kappa shape index (κ1) is 12.0. The van der Waals surface area contributed by atoms with E-state index >= 15 is 0 Å². The van der Waals surface area contributed by atoms with E-state index in [1.165, 1.54) is 6.42 Å². The van der Waals surface area contributed by atoms with Gasteiger partial charge in [0.2, 0.25) is 0 Å². The fourth-order valence-electron chi connectivity index (χ4n) is 2.03. The van der Waals surface area contributed by atoms with Gasteiger partial charge in [0.1, 0.15) is 0 Å². The van der Waals surface area contributed by atoms with E-state index < -0.39 is 14.6 Å². The van der Waals surface area contributed by atoms with Crippen LogP contribution in [0.15, 0.2) is 0 Å². The van der Waals surface area contributed by atoms with E-state index in [1.54, 1.807) is 0 Å². The molecule has 0 aromatic heterocycles. The normalized spacial score (nSPS) is 21.1. The van der Waals surface area contributed by atoms with Gasteiger partial charge < -0.3 is 0 Å². The smallest absolute Gasteiger partial charge is 0.158 e. The summed E-state index contributed by atoms with van der Waals surface area (Å²) in [7, 11) is -2.91. The molecule has 0 N–H and O–H groups in total. The molecule has 1 aliphatic carbocycles. The van der Waals surface area contributed by atoms with E-state index in [9.17, 15) is 8.42 Å². The summed E-state index contributed by atoms with van der Waals surface area (Å²) in [6.45, 7) is 5.67. The van der Waals surface area contributed by atoms with Gasteiger partial charge in [0, 0.05) is 0 Å². The van der Waals surface area contributed by atoms with Gasteiger partial charge in [-0.2, -0.15) is 0 Å². The molecule has 14 heavy (non-hydrogen) atoms. The van der Waals surface area contributed by atoms with E-state index in [0.29, 0.717) is 6.42 Å². The molecule has 0 radical (unpaired) electrons. The largest absolute Gasteiger partial charge is 0.228 e. The summed E-state index contributed by atoms with van der Waals surface area (Å²) >= 11 is 0. The highest BCUT2D eigenvalue weighted by molar-refractivity contribution is 7.93. The second-order valence-electron chi connectivity index (χ2n) is 4.92. The highest BCUT2D eigenvalue weighted by Gasteiger charge is 2.39. The Labute approximate surface area is 88.0 Å². The highest BCUT2D eigenvalue weighted by Crippen LogP contribution is 2.32. The first-order chi connectivity index (χ1) is 6.42. The summed E-state index contributed by atoms with van der Waals surface area (Å²) in [5.41, 5.74) is 0. The molecule has 0 spiro atoms. The van der Waals surface area contributed by atoms with Gasteiger partial charge in [0.15, 0.2) is 9.84 Å². The average Bonchev–Trinajstić information content (AvgIpc) is 2.19. The van der Waals surface area contributed by atoms with Crippen LogP contribution in [-0.4, -0.2) is 18.4 Å². The van der Waals surface area contributed by atoms with Crippen LogP contribution in [0.4, 0.5) is 0 Å². The van der Waals surface area contributed by atoms with Crippen LogP contribution in [0.2, 0.25) is 0 Å². The lowest BCUT2D eigenvalue weighted by Gasteiger charge is -2.31. The molecule has 0 saturated heterocycles. The minimum atomic E-state index is -2.91. The molecule has 0 aliphatic heterocycles. The summed E-state index contributed by atoms with van der Waals surface area (Å²) in [6, 6.07) is 0. The van der Waals surface area contributed by atoms with Crippen molar-refractivity contribution in [2.75, 3.05) is 0 Å². The minimum Gasteiger partial charge on any atom is -0.228 e. The maximum absolute atomic E-state index is 12.2. The molecular weight excluding hydrogens is 196 g/mol. The second kappa shape index (κ2) is 4.21. The van der Waals surface area contributed by atoms with E-state index in [4.69, 9.17) is 0 Å². The van der Waals surface area contributed by atoms with Crippen molar-refractivity contribution in [2.45, 2.75) is 69.3 Å². The maximum atomic E-state index is 12.2. The van der Waals surface area contributed by atoms with Gasteiger partial charge in [-0.3, -0.25) is 0 Å². The zero-order valence-electron chi connectivity index (χ0n) is 9.54. The van der Waals surface area contributed by atoms with Crippen molar-refractivity contribution in [1.29, 1.82) is 0 Å². The summed E-state index contributed by atoms with van der Waals surface area (Å²) in [5.74, 6) is 0. The fourth-order valence-corrected chi connectivity index (χ4v) is 4.29. The Bertz CT molecular complexity index is 272. The Morgan fingerprint density at radius 3 is 2.07 bits per heavy atom. The van der Waals surface area contributed by atoms with Crippen molar-refractivity contribution >= 4 is 9.84 Å². The second-order valence-corrected chi connectivity index (χ2v) is 7.78. The zero-order valence-corrected chi connectivity index (χ0v) is 10.4. The van der Waals surface area contributed by atoms with Crippen molar-refractivity contribution in [3.8, 4) is 0 Å². The molecule has 0 amide bonds. The molecule has 0 aromatic carbocycles. The molecule has 1 rings (SSSR count). The highest BCUT2D eigenvalue weighted by atomic mass is 32.2.